The molecule has 1 aliphatic rings. The number of nitrogens with one attached hydrogen (secondary N) is 1. The molecular weight excluding hydrogens is 511 g/mol. The minimum Gasteiger partial charge on any atom is -0.455 e. The zero-order valence-corrected chi connectivity index (χ0v) is 21.7. The Labute approximate surface area is 219 Å². The molecule has 2 N–H and O–H groups in total. The second kappa shape index (κ2) is 10.1. The maximum atomic E-state index is 14.0. The number of fused-ring (bicyclic) bond motifs is 1. The molecule has 1 amide bonds. The number of benzene rings is 3. The van der Waals surface area contributed by atoms with Crippen LogP contribution in [0, 0.1) is 5.82 Å². The predicted octanol–water partition coefficient (Wildman–Crippen LogP) is 5.03. The van der Waals surface area contributed by atoms with E-state index < -0.39 is 15.8 Å². The normalized spacial score (nSPS) is 13.5. The number of aliphatic hydroxyl groups is 1. The standard InChI is InChI=1S/C28H27FN2O6S/c1-30-28(33)26-21-15-20(17-7-8-17)23(31(13-14-32)38(2,34)35)16-25(21)37-27(26)18-9-11-19(12-10-18)36-24-6-4-3-5-22(24)29/h3-6,9-12,15-17,32H,7-8,13-14H2,1-2H3,(H,30,33). The molecule has 1 fully saturated rings. The minimum atomic E-state index is -3.68. The van der Waals surface area contributed by atoms with Crippen LogP contribution in [0.25, 0.3) is 22.3 Å². The van der Waals surface area contributed by atoms with Crippen LogP contribution in [-0.2, 0) is 10.0 Å². The first-order valence-electron chi connectivity index (χ1n) is 12.1. The first kappa shape index (κ1) is 25.7. The smallest absolute Gasteiger partial charge is 0.255 e. The quantitative estimate of drug-likeness (QED) is 0.310. The maximum absolute atomic E-state index is 14.0. The summed E-state index contributed by atoms with van der Waals surface area (Å²) in [5.41, 5.74) is 2.49. The number of hydrogen-bond acceptors (Lipinski definition) is 6. The highest BCUT2D eigenvalue weighted by atomic mass is 32.2. The maximum Gasteiger partial charge on any atom is 0.255 e. The van der Waals surface area contributed by atoms with Gasteiger partial charge in [0.05, 0.1) is 30.7 Å². The number of anilines is 1. The monoisotopic (exact) mass is 538 g/mol. The Bertz CT molecular complexity index is 1610. The summed E-state index contributed by atoms with van der Waals surface area (Å²) in [6, 6.07) is 16.2. The summed E-state index contributed by atoms with van der Waals surface area (Å²) in [7, 11) is -2.15. The van der Waals surface area contributed by atoms with Crippen molar-refractivity contribution in [3.8, 4) is 22.8 Å². The molecule has 0 unspecified atom stereocenters. The lowest BCUT2D eigenvalue weighted by atomic mass is 10.0. The average molecular weight is 539 g/mol. The van der Waals surface area contributed by atoms with Crippen molar-refractivity contribution in [3.05, 3.63) is 77.6 Å². The first-order chi connectivity index (χ1) is 18.2. The third-order valence-electron chi connectivity index (χ3n) is 6.46. The molecule has 0 radical (unpaired) electrons. The van der Waals surface area contributed by atoms with Gasteiger partial charge in [-0.1, -0.05) is 12.1 Å². The number of aliphatic hydroxyl groups excluding tert-OH is 1. The van der Waals surface area contributed by atoms with E-state index in [1.54, 1.807) is 42.5 Å². The van der Waals surface area contributed by atoms with Gasteiger partial charge in [0.15, 0.2) is 11.6 Å². The molecule has 0 atom stereocenters. The molecule has 0 spiro atoms. The number of sulfonamides is 1. The van der Waals surface area contributed by atoms with Crippen molar-refractivity contribution in [3.63, 3.8) is 0 Å². The van der Waals surface area contributed by atoms with Crippen LogP contribution in [0.4, 0.5) is 10.1 Å². The lowest BCUT2D eigenvalue weighted by molar-refractivity contribution is 0.0964. The fraction of sp³-hybridized carbons (Fsp3) is 0.250. The van der Waals surface area contributed by atoms with Crippen LogP contribution in [0.2, 0.25) is 0 Å². The Morgan fingerprint density at radius 1 is 1.16 bits per heavy atom. The second-order valence-electron chi connectivity index (χ2n) is 9.18. The molecule has 1 heterocycles. The number of rotatable bonds is 9. The van der Waals surface area contributed by atoms with Gasteiger partial charge in [0.2, 0.25) is 10.0 Å². The molecule has 10 heteroatoms. The number of hydrogen-bond donors (Lipinski definition) is 2. The van der Waals surface area contributed by atoms with Crippen LogP contribution >= 0.6 is 0 Å². The van der Waals surface area contributed by atoms with Crippen LogP contribution in [0.15, 0.2) is 65.1 Å². The molecule has 1 aromatic heterocycles. The zero-order chi connectivity index (χ0) is 27.0. The van der Waals surface area contributed by atoms with Gasteiger partial charge in [-0.05, 0) is 66.8 Å². The van der Waals surface area contributed by atoms with Crippen molar-refractivity contribution in [1.29, 1.82) is 0 Å². The number of amides is 1. The summed E-state index contributed by atoms with van der Waals surface area (Å²) in [5, 5.41) is 12.8. The van der Waals surface area contributed by atoms with Crippen LogP contribution < -0.4 is 14.4 Å². The van der Waals surface area contributed by atoms with Gasteiger partial charge in [-0.15, -0.1) is 0 Å². The summed E-state index contributed by atoms with van der Waals surface area (Å²) in [5.74, 6) is 0.125. The van der Waals surface area contributed by atoms with E-state index in [0.29, 0.717) is 39.3 Å². The van der Waals surface area contributed by atoms with Crippen molar-refractivity contribution >= 4 is 32.6 Å². The van der Waals surface area contributed by atoms with E-state index in [2.05, 4.69) is 5.32 Å². The molecule has 1 aliphatic carbocycles. The van der Waals surface area contributed by atoms with Crippen LogP contribution in [0.5, 0.6) is 11.5 Å². The predicted molar refractivity (Wildman–Crippen MR) is 143 cm³/mol. The van der Waals surface area contributed by atoms with Gasteiger partial charge in [-0.2, -0.15) is 0 Å². The van der Waals surface area contributed by atoms with Gasteiger partial charge in [0.25, 0.3) is 5.91 Å². The number of halogens is 1. The Hall–Kier alpha value is -3.89. The molecular formula is C28H27FN2O6S. The van der Waals surface area contributed by atoms with E-state index in [1.807, 2.05) is 6.07 Å². The number of ether oxygens (including phenoxy) is 1. The van der Waals surface area contributed by atoms with Gasteiger partial charge >= 0.3 is 0 Å². The summed E-state index contributed by atoms with van der Waals surface area (Å²) < 4.78 is 52.1. The molecule has 38 heavy (non-hydrogen) atoms. The third kappa shape index (κ3) is 4.97. The Balaban J connectivity index is 1.62. The van der Waals surface area contributed by atoms with Crippen LogP contribution in [-0.4, -0.2) is 45.9 Å². The highest BCUT2D eigenvalue weighted by Gasteiger charge is 2.33. The topological polar surface area (TPSA) is 109 Å². The summed E-state index contributed by atoms with van der Waals surface area (Å²) in [6.07, 6.45) is 2.90. The van der Waals surface area contributed by atoms with Gasteiger partial charge in [0.1, 0.15) is 17.1 Å². The van der Waals surface area contributed by atoms with Crippen molar-refractivity contribution in [2.75, 3.05) is 30.8 Å². The van der Waals surface area contributed by atoms with E-state index in [9.17, 15) is 22.7 Å². The molecule has 3 aromatic carbocycles. The van der Waals surface area contributed by atoms with Gasteiger partial charge in [-0.25, -0.2) is 12.8 Å². The molecule has 198 valence electrons. The SMILES string of the molecule is CNC(=O)c1c(-c2ccc(Oc3ccccc3F)cc2)oc2cc(N(CCO)S(C)(=O)=O)c(C3CC3)cc12. The molecule has 0 bridgehead atoms. The van der Waals surface area contributed by atoms with Gasteiger partial charge < -0.3 is 19.6 Å². The number of carbonyl (C=O) groups excluding carboxylic acids is 1. The highest BCUT2D eigenvalue weighted by molar-refractivity contribution is 7.92. The molecule has 5 rings (SSSR count). The Kier molecular flexibility index (Phi) is 6.85. The van der Waals surface area contributed by atoms with Crippen LogP contribution in [0.3, 0.4) is 0 Å². The van der Waals surface area contributed by atoms with E-state index in [-0.39, 0.29) is 30.7 Å². The fourth-order valence-corrected chi connectivity index (χ4v) is 5.45. The number of carbonyl (C=O) groups is 1. The van der Waals surface area contributed by atoms with Gasteiger partial charge in [-0.3, -0.25) is 9.10 Å². The first-order valence-corrected chi connectivity index (χ1v) is 14.0. The Morgan fingerprint density at radius 3 is 2.47 bits per heavy atom. The van der Waals surface area contributed by atoms with E-state index >= 15 is 0 Å². The molecule has 0 aliphatic heterocycles. The van der Waals surface area contributed by atoms with Crippen molar-refractivity contribution in [2.45, 2.75) is 18.8 Å². The summed E-state index contributed by atoms with van der Waals surface area (Å²) >= 11 is 0. The van der Waals surface area contributed by atoms with E-state index in [4.69, 9.17) is 9.15 Å². The van der Waals surface area contributed by atoms with Crippen molar-refractivity contribution < 1.29 is 31.9 Å². The second-order valence-corrected chi connectivity index (χ2v) is 11.1. The summed E-state index contributed by atoms with van der Waals surface area (Å²) in [4.78, 5) is 13.0. The van der Waals surface area contributed by atoms with Crippen molar-refractivity contribution in [1.82, 2.24) is 5.32 Å². The highest BCUT2D eigenvalue weighted by Crippen LogP contribution is 2.48. The van der Waals surface area contributed by atoms with Crippen molar-refractivity contribution in [2.24, 2.45) is 0 Å². The van der Waals surface area contributed by atoms with Gasteiger partial charge in [0, 0.05) is 24.1 Å². The Morgan fingerprint density at radius 2 is 1.87 bits per heavy atom. The molecule has 4 aromatic rings. The number of para-hydroxylation sites is 1. The third-order valence-corrected chi connectivity index (χ3v) is 7.64. The lowest BCUT2D eigenvalue weighted by Crippen LogP contribution is -2.33. The lowest BCUT2D eigenvalue weighted by Gasteiger charge is -2.24. The summed E-state index contributed by atoms with van der Waals surface area (Å²) in [6.45, 7) is -0.438. The number of furan rings is 1. The fourth-order valence-electron chi connectivity index (χ4n) is 4.52. The number of nitrogens with zero attached hydrogens (tertiary/aromatic N) is 1. The molecule has 1 saturated carbocycles. The largest absolute Gasteiger partial charge is 0.455 e. The zero-order valence-electron chi connectivity index (χ0n) is 20.9. The minimum absolute atomic E-state index is 0.0912. The van der Waals surface area contributed by atoms with E-state index in [1.165, 1.54) is 23.5 Å². The molecule has 0 saturated heterocycles. The van der Waals surface area contributed by atoms with Crippen LogP contribution in [0.1, 0.15) is 34.7 Å². The average Bonchev–Trinajstić information content (AvgIpc) is 3.67. The van der Waals surface area contributed by atoms with E-state index in [0.717, 1.165) is 24.7 Å². The molecule has 8 nitrogen and oxygen atoms in total.